The largest absolute Gasteiger partial charge is 0.493 e. The topological polar surface area (TPSA) is 69.7 Å². The molecular formula is C23H26N2O4S. The minimum Gasteiger partial charge on any atom is -0.493 e. The molecule has 1 amide bonds. The van der Waals surface area contributed by atoms with Crippen molar-refractivity contribution < 1.29 is 19.0 Å². The Balaban J connectivity index is 2.08. The number of thioether (sulfide) groups is 1. The second-order valence-electron chi connectivity index (χ2n) is 6.44. The number of hydrogen-bond donors (Lipinski definition) is 1. The molecule has 3 aromatic rings. The summed E-state index contributed by atoms with van der Waals surface area (Å²) < 4.78 is 16.3. The average molecular weight is 427 g/mol. The molecule has 1 heterocycles. The number of methoxy groups -OCH3 is 3. The predicted octanol–water partition coefficient (Wildman–Crippen LogP) is 4.41. The van der Waals surface area contributed by atoms with Crippen molar-refractivity contribution in [2.75, 3.05) is 39.4 Å². The Morgan fingerprint density at radius 3 is 2.37 bits per heavy atom. The first-order valence-electron chi connectivity index (χ1n) is 9.69. The van der Waals surface area contributed by atoms with Crippen LogP contribution in [0.25, 0.3) is 22.2 Å². The van der Waals surface area contributed by atoms with Crippen molar-refractivity contribution in [1.29, 1.82) is 0 Å². The molecule has 0 aliphatic heterocycles. The number of fused-ring (bicyclic) bond motifs is 1. The van der Waals surface area contributed by atoms with E-state index in [1.54, 1.807) is 33.1 Å². The van der Waals surface area contributed by atoms with Gasteiger partial charge in [-0.2, -0.15) is 11.8 Å². The van der Waals surface area contributed by atoms with E-state index >= 15 is 0 Å². The number of aromatic nitrogens is 1. The van der Waals surface area contributed by atoms with Gasteiger partial charge in [-0.05, 0) is 30.0 Å². The van der Waals surface area contributed by atoms with Crippen molar-refractivity contribution in [3.05, 3.63) is 48.0 Å². The number of ether oxygens (including phenoxy) is 3. The molecule has 2 aromatic carbocycles. The molecule has 0 unspecified atom stereocenters. The van der Waals surface area contributed by atoms with E-state index in [1.165, 1.54) is 0 Å². The van der Waals surface area contributed by atoms with Gasteiger partial charge in [-0.1, -0.05) is 25.1 Å². The van der Waals surface area contributed by atoms with Crippen LogP contribution in [0.5, 0.6) is 17.2 Å². The first-order chi connectivity index (χ1) is 14.6. The monoisotopic (exact) mass is 426 g/mol. The maximum absolute atomic E-state index is 12.9. The lowest BCUT2D eigenvalue weighted by Gasteiger charge is -2.15. The normalized spacial score (nSPS) is 10.7. The lowest BCUT2D eigenvalue weighted by Crippen LogP contribution is -2.26. The van der Waals surface area contributed by atoms with Crippen LogP contribution < -0.4 is 19.5 Å². The molecule has 0 aliphatic rings. The molecule has 0 saturated heterocycles. The van der Waals surface area contributed by atoms with Crippen LogP contribution in [-0.2, 0) is 0 Å². The van der Waals surface area contributed by atoms with E-state index in [-0.39, 0.29) is 5.91 Å². The first kappa shape index (κ1) is 21.8. The summed E-state index contributed by atoms with van der Waals surface area (Å²) in [4.78, 5) is 17.7. The van der Waals surface area contributed by atoms with Crippen molar-refractivity contribution in [3.63, 3.8) is 0 Å². The highest BCUT2D eigenvalue weighted by Gasteiger charge is 2.18. The highest BCUT2D eigenvalue weighted by atomic mass is 32.2. The maximum atomic E-state index is 12.9. The Hall–Kier alpha value is -2.93. The van der Waals surface area contributed by atoms with Gasteiger partial charge < -0.3 is 19.5 Å². The molecule has 7 heteroatoms. The third-order valence-electron chi connectivity index (χ3n) is 4.66. The third kappa shape index (κ3) is 4.62. The van der Waals surface area contributed by atoms with Crippen LogP contribution in [0.3, 0.4) is 0 Å². The van der Waals surface area contributed by atoms with Crippen molar-refractivity contribution in [3.8, 4) is 28.5 Å². The molecule has 30 heavy (non-hydrogen) atoms. The van der Waals surface area contributed by atoms with Gasteiger partial charge in [0, 0.05) is 23.2 Å². The summed E-state index contributed by atoms with van der Waals surface area (Å²) in [6.45, 7) is 2.72. The SMILES string of the molecule is CCSCCNC(=O)c1cc(-c2cc(OC)c(OC)c(OC)c2)nc2ccccc12. The fourth-order valence-corrected chi connectivity index (χ4v) is 3.75. The molecule has 3 rings (SSSR count). The first-order valence-corrected chi connectivity index (χ1v) is 10.8. The van der Waals surface area contributed by atoms with Gasteiger partial charge in [-0.25, -0.2) is 4.98 Å². The van der Waals surface area contributed by atoms with E-state index in [0.717, 1.165) is 28.0 Å². The molecule has 0 atom stereocenters. The summed E-state index contributed by atoms with van der Waals surface area (Å²) in [5.74, 6) is 3.37. The molecule has 0 spiro atoms. The zero-order chi connectivity index (χ0) is 21.5. The molecule has 1 aromatic heterocycles. The van der Waals surface area contributed by atoms with Crippen molar-refractivity contribution in [1.82, 2.24) is 10.3 Å². The zero-order valence-corrected chi connectivity index (χ0v) is 18.5. The molecular weight excluding hydrogens is 400 g/mol. The number of rotatable bonds is 9. The summed E-state index contributed by atoms with van der Waals surface area (Å²) in [5, 5.41) is 3.83. The number of para-hydroxylation sites is 1. The standard InChI is InChI=1S/C23H26N2O4S/c1-5-30-11-10-24-23(26)17-14-19(25-18-9-7-6-8-16(17)18)15-12-20(27-2)22(29-4)21(13-15)28-3/h6-9,12-14H,5,10-11H2,1-4H3,(H,24,26). The molecule has 0 fully saturated rings. The smallest absolute Gasteiger partial charge is 0.252 e. The van der Waals surface area contributed by atoms with Crippen LogP contribution in [0, 0.1) is 0 Å². The van der Waals surface area contributed by atoms with E-state index in [0.29, 0.717) is 35.1 Å². The Bertz CT molecular complexity index is 1010. The number of pyridine rings is 1. The lowest BCUT2D eigenvalue weighted by atomic mass is 10.0. The second kappa shape index (κ2) is 10.2. The van der Waals surface area contributed by atoms with E-state index in [9.17, 15) is 4.79 Å². The average Bonchev–Trinajstić information content (AvgIpc) is 2.79. The van der Waals surface area contributed by atoms with Gasteiger partial charge in [0.2, 0.25) is 5.75 Å². The van der Waals surface area contributed by atoms with Crippen LogP contribution >= 0.6 is 11.8 Å². The van der Waals surface area contributed by atoms with Crippen LogP contribution in [0.4, 0.5) is 0 Å². The molecule has 158 valence electrons. The Kier molecular flexibility index (Phi) is 7.41. The minimum absolute atomic E-state index is 0.112. The number of amides is 1. The van der Waals surface area contributed by atoms with Crippen molar-refractivity contribution in [2.24, 2.45) is 0 Å². The summed E-state index contributed by atoms with van der Waals surface area (Å²) in [5.41, 5.74) is 2.76. The fraction of sp³-hybridized carbons (Fsp3) is 0.304. The number of carbonyl (C=O) groups excluding carboxylic acids is 1. The number of benzene rings is 2. The van der Waals surface area contributed by atoms with Crippen LogP contribution in [-0.4, -0.2) is 50.3 Å². The van der Waals surface area contributed by atoms with E-state index < -0.39 is 0 Å². The molecule has 6 nitrogen and oxygen atoms in total. The molecule has 1 N–H and O–H groups in total. The van der Waals surface area contributed by atoms with Gasteiger partial charge in [0.05, 0.1) is 38.1 Å². The second-order valence-corrected chi connectivity index (χ2v) is 7.83. The van der Waals surface area contributed by atoms with Gasteiger partial charge in [-0.3, -0.25) is 4.79 Å². The number of nitrogens with zero attached hydrogens (tertiary/aromatic N) is 1. The minimum atomic E-state index is -0.112. The highest BCUT2D eigenvalue weighted by Crippen LogP contribution is 2.41. The lowest BCUT2D eigenvalue weighted by molar-refractivity contribution is 0.0958. The number of carbonyl (C=O) groups is 1. The highest BCUT2D eigenvalue weighted by molar-refractivity contribution is 7.99. The van der Waals surface area contributed by atoms with Crippen molar-refractivity contribution in [2.45, 2.75) is 6.92 Å². The van der Waals surface area contributed by atoms with Gasteiger partial charge in [-0.15, -0.1) is 0 Å². The van der Waals surface area contributed by atoms with E-state index in [2.05, 4.69) is 12.2 Å². The number of nitrogens with one attached hydrogen (secondary N) is 1. The van der Waals surface area contributed by atoms with Crippen LogP contribution in [0.2, 0.25) is 0 Å². The molecule has 0 bridgehead atoms. The summed E-state index contributed by atoms with van der Waals surface area (Å²) in [6, 6.07) is 13.1. The Labute approximate surface area is 180 Å². The van der Waals surface area contributed by atoms with Gasteiger partial charge in [0.1, 0.15) is 0 Å². The molecule has 0 saturated carbocycles. The van der Waals surface area contributed by atoms with Gasteiger partial charge in [0.15, 0.2) is 11.5 Å². The van der Waals surface area contributed by atoms with Gasteiger partial charge >= 0.3 is 0 Å². The maximum Gasteiger partial charge on any atom is 0.252 e. The summed E-state index contributed by atoms with van der Waals surface area (Å²) in [7, 11) is 4.71. The summed E-state index contributed by atoms with van der Waals surface area (Å²) in [6.07, 6.45) is 0. The predicted molar refractivity (Wildman–Crippen MR) is 122 cm³/mol. The fourth-order valence-electron chi connectivity index (χ4n) is 3.22. The van der Waals surface area contributed by atoms with E-state index in [4.69, 9.17) is 19.2 Å². The summed E-state index contributed by atoms with van der Waals surface area (Å²) >= 11 is 1.79. The van der Waals surface area contributed by atoms with Gasteiger partial charge in [0.25, 0.3) is 5.91 Å². The molecule has 0 aliphatic carbocycles. The van der Waals surface area contributed by atoms with E-state index in [1.807, 2.05) is 42.5 Å². The molecule has 0 radical (unpaired) electrons. The Morgan fingerprint density at radius 1 is 1.03 bits per heavy atom. The third-order valence-corrected chi connectivity index (χ3v) is 5.56. The Morgan fingerprint density at radius 2 is 1.73 bits per heavy atom. The van der Waals surface area contributed by atoms with Crippen LogP contribution in [0.15, 0.2) is 42.5 Å². The quantitative estimate of drug-likeness (QED) is 0.511. The van der Waals surface area contributed by atoms with Crippen molar-refractivity contribution >= 4 is 28.6 Å². The zero-order valence-electron chi connectivity index (χ0n) is 17.7. The van der Waals surface area contributed by atoms with Crippen LogP contribution in [0.1, 0.15) is 17.3 Å². The number of hydrogen-bond acceptors (Lipinski definition) is 6.